The molecule has 0 aromatic heterocycles. The Morgan fingerprint density at radius 3 is 1.47 bits per heavy atom. The Hall–Kier alpha value is -7.45. The van der Waals surface area contributed by atoms with Crippen molar-refractivity contribution >= 4 is 31.9 Å². The molecule has 354 valence electrons. The summed E-state index contributed by atoms with van der Waals surface area (Å²) in [4.78, 5) is 51.9. The lowest BCUT2D eigenvalue weighted by atomic mass is 10.0. The van der Waals surface area contributed by atoms with E-state index in [4.69, 9.17) is 27.8 Å². The van der Waals surface area contributed by atoms with E-state index in [1.807, 2.05) is 127 Å². The molecule has 0 spiro atoms. The van der Waals surface area contributed by atoms with E-state index < -0.39 is 44.0 Å². The number of aliphatic carboxylic acids is 1. The number of amides is 3. The van der Waals surface area contributed by atoms with Gasteiger partial charge in [0.05, 0.1) is 13.2 Å². The summed E-state index contributed by atoms with van der Waals surface area (Å²) in [5, 5.41) is 18.0. The van der Waals surface area contributed by atoms with Crippen LogP contribution < -0.4 is 25.2 Å². The number of phosphoric ester groups is 1. The summed E-state index contributed by atoms with van der Waals surface area (Å²) in [7, 11) is -4.36. The second kappa shape index (κ2) is 26.6. The summed E-state index contributed by atoms with van der Waals surface area (Å²) in [6.45, 7) is 0.116. The Bertz CT molecular complexity index is 2490. The van der Waals surface area contributed by atoms with Gasteiger partial charge in [0, 0.05) is 13.0 Å². The van der Waals surface area contributed by atoms with Crippen molar-refractivity contribution in [1.82, 2.24) is 16.0 Å². The molecule has 0 heterocycles. The van der Waals surface area contributed by atoms with E-state index in [0.717, 1.165) is 22.3 Å². The van der Waals surface area contributed by atoms with Crippen LogP contribution in [0.5, 0.6) is 11.5 Å². The number of carbonyl (C=O) groups excluding carboxylic acids is 3. The van der Waals surface area contributed by atoms with Crippen molar-refractivity contribution in [2.45, 2.75) is 70.8 Å². The third-order valence-electron chi connectivity index (χ3n) is 10.2. The lowest BCUT2D eigenvalue weighted by Crippen LogP contribution is -2.52. The van der Waals surface area contributed by atoms with Crippen molar-refractivity contribution in [3.63, 3.8) is 0 Å². The fourth-order valence-corrected chi connectivity index (χ4v) is 7.77. The first-order chi connectivity index (χ1) is 33.1. The van der Waals surface area contributed by atoms with Crippen LogP contribution in [0.15, 0.2) is 170 Å². The Morgan fingerprint density at radius 2 is 0.971 bits per heavy atom. The maximum Gasteiger partial charge on any atom is 0.530 e. The van der Waals surface area contributed by atoms with Gasteiger partial charge in [0.1, 0.15) is 31.9 Å². The molecule has 16 heteroatoms. The quantitative estimate of drug-likeness (QED) is 0.0297. The predicted octanol–water partition coefficient (Wildman–Crippen LogP) is 9.69. The van der Waals surface area contributed by atoms with Gasteiger partial charge in [-0.3, -0.25) is 13.8 Å². The van der Waals surface area contributed by atoms with Crippen molar-refractivity contribution in [3.05, 3.63) is 203 Å². The zero-order valence-corrected chi connectivity index (χ0v) is 38.2. The van der Waals surface area contributed by atoms with Gasteiger partial charge in [-0.1, -0.05) is 158 Å². The lowest BCUT2D eigenvalue weighted by Gasteiger charge is -2.23. The summed E-state index contributed by atoms with van der Waals surface area (Å²) >= 11 is 0. The molecule has 3 amide bonds. The molecule has 0 saturated heterocycles. The van der Waals surface area contributed by atoms with Crippen LogP contribution in [0.1, 0.15) is 52.6 Å². The van der Waals surface area contributed by atoms with Gasteiger partial charge in [0.25, 0.3) is 0 Å². The average molecular weight is 944 g/mol. The van der Waals surface area contributed by atoms with Crippen LogP contribution in [0.3, 0.4) is 0 Å². The highest BCUT2D eigenvalue weighted by atomic mass is 31.2. The largest absolute Gasteiger partial charge is 0.530 e. The minimum absolute atomic E-state index is 0.00950. The van der Waals surface area contributed by atoms with Crippen molar-refractivity contribution in [1.29, 1.82) is 0 Å². The Labute approximate surface area is 395 Å². The molecule has 6 aromatic rings. The number of hydrogen-bond acceptors (Lipinski definition) is 11. The summed E-state index contributed by atoms with van der Waals surface area (Å²) in [5.41, 5.74) is 4.27. The van der Waals surface area contributed by atoms with Gasteiger partial charge < -0.3 is 39.8 Å². The molecule has 0 radical (unpaired) electrons. The Balaban J connectivity index is 1.18. The van der Waals surface area contributed by atoms with Crippen LogP contribution in [0.4, 0.5) is 9.59 Å². The molecule has 6 rings (SSSR count). The third kappa shape index (κ3) is 17.4. The number of nitrogens with one attached hydrogen (secondary N) is 3. The molecule has 0 aliphatic carbocycles. The van der Waals surface area contributed by atoms with E-state index in [0.29, 0.717) is 24.0 Å². The fourth-order valence-electron chi connectivity index (χ4n) is 6.59. The van der Waals surface area contributed by atoms with Crippen LogP contribution in [-0.2, 0) is 72.1 Å². The zero-order chi connectivity index (χ0) is 47.8. The number of alkyl carbamates (subject to hydrolysis) is 2. The van der Waals surface area contributed by atoms with E-state index in [1.54, 1.807) is 36.4 Å². The smallest absolute Gasteiger partial charge is 0.485 e. The molecule has 2 atom stereocenters. The molecule has 0 bridgehead atoms. The molecule has 0 fully saturated rings. The normalized spacial score (nSPS) is 11.9. The summed E-state index contributed by atoms with van der Waals surface area (Å²) in [6.07, 6.45) is -0.948. The van der Waals surface area contributed by atoms with Crippen LogP contribution in [0.2, 0.25) is 0 Å². The maximum atomic E-state index is 14.5. The van der Waals surface area contributed by atoms with Crippen LogP contribution in [-0.4, -0.2) is 47.8 Å². The zero-order valence-electron chi connectivity index (χ0n) is 37.3. The Kier molecular flexibility index (Phi) is 19.6. The molecular formula is C52H54N3O12P. The van der Waals surface area contributed by atoms with Crippen molar-refractivity contribution < 1.29 is 56.6 Å². The van der Waals surface area contributed by atoms with Crippen LogP contribution >= 0.6 is 7.82 Å². The molecular weight excluding hydrogens is 890 g/mol. The van der Waals surface area contributed by atoms with Crippen molar-refractivity contribution in [2.75, 3.05) is 6.54 Å². The fraction of sp³-hybridized carbons (Fsp3) is 0.231. The Morgan fingerprint density at radius 1 is 0.500 bits per heavy atom. The number of rotatable bonds is 26. The molecule has 4 N–H and O–H groups in total. The SMILES string of the molecule is O=C(NCCCC[C@H](NC(=O)[C@H](Cc1ccc(OP(=O)(OCc2ccccc2)OCc2ccccc2)c(OCc2ccccc2)c1)NC(=O)OCc1ccccc1)C(=O)O)OCc1ccccc1. The average Bonchev–Trinajstić information content (AvgIpc) is 3.37. The molecule has 0 aliphatic rings. The van der Waals surface area contributed by atoms with E-state index in [9.17, 15) is 28.8 Å². The van der Waals surface area contributed by atoms with Gasteiger partial charge >= 0.3 is 26.0 Å². The molecule has 0 aliphatic heterocycles. The van der Waals surface area contributed by atoms with Gasteiger partial charge in [-0.2, -0.15) is 0 Å². The highest BCUT2D eigenvalue weighted by molar-refractivity contribution is 7.48. The molecule has 0 saturated carbocycles. The number of unbranched alkanes of at least 4 members (excludes halogenated alkanes) is 1. The van der Waals surface area contributed by atoms with E-state index in [1.165, 1.54) is 6.07 Å². The molecule has 68 heavy (non-hydrogen) atoms. The monoisotopic (exact) mass is 943 g/mol. The van der Waals surface area contributed by atoms with Crippen molar-refractivity contribution in [2.24, 2.45) is 0 Å². The van der Waals surface area contributed by atoms with Gasteiger partial charge in [0.15, 0.2) is 11.5 Å². The molecule has 6 aromatic carbocycles. The van der Waals surface area contributed by atoms with E-state index in [-0.39, 0.29) is 63.9 Å². The molecule has 15 nitrogen and oxygen atoms in total. The number of carboxylic acid groups (broad SMARTS) is 1. The second-order valence-corrected chi connectivity index (χ2v) is 17.1. The summed E-state index contributed by atoms with van der Waals surface area (Å²) in [5.74, 6) is -1.96. The maximum absolute atomic E-state index is 14.5. The standard InChI is InChI=1S/C52H54N3O12P/c56-49(54-45(50(57)58)28-16-17-31-53-51(59)63-35-40-20-8-2-9-21-40)46(55-52(60)64-36-41-22-10-3-11-23-41)32-44-29-30-47(48(33-44)62-34-39-18-6-1-7-19-39)67-68(61,65-37-42-24-12-4-13-25-42)66-38-43-26-14-5-15-27-43/h1-15,18-27,29-30,33,45-46H,16-17,28,31-32,34-38H2,(H,53,59)(H,54,56)(H,55,60)(H,57,58)/t45-,46-/m0/s1. The number of hydrogen-bond donors (Lipinski definition) is 4. The number of carboxylic acids is 1. The minimum atomic E-state index is -4.36. The molecule has 0 unspecified atom stereocenters. The van der Waals surface area contributed by atoms with Gasteiger partial charge in [-0.05, 0) is 64.8 Å². The number of carbonyl (C=O) groups is 4. The lowest BCUT2D eigenvalue weighted by molar-refractivity contribution is -0.142. The van der Waals surface area contributed by atoms with Gasteiger partial charge in [-0.25, -0.2) is 18.9 Å². The van der Waals surface area contributed by atoms with E-state index >= 15 is 0 Å². The second-order valence-electron chi connectivity index (χ2n) is 15.5. The number of ether oxygens (including phenoxy) is 3. The van der Waals surface area contributed by atoms with Crippen LogP contribution in [0, 0.1) is 0 Å². The summed E-state index contributed by atoms with van der Waals surface area (Å²) < 4.78 is 49.3. The highest BCUT2D eigenvalue weighted by Crippen LogP contribution is 2.53. The van der Waals surface area contributed by atoms with Crippen LogP contribution in [0.25, 0.3) is 0 Å². The first-order valence-corrected chi connectivity index (χ1v) is 23.5. The van der Waals surface area contributed by atoms with Gasteiger partial charge in [0.2, 0.25) is 5.91 Å². The summed E-state index contributed by atoms with van der Waals surface area (Å²) in [6, 6.07) is 47.7. The van der Waals surface area contributed by atoms with E-state index in [2.05, 4.69) is 16.0 Å². The van der Waals surface area contributed by atoms with Crippen molar-refractivity contribution in [3.8, 4) is 11.5 Å². The highest BCUT2D eigenvalue weighted by Gasteiger charge is 2.32. The first kappa shape index (κ1) is 50.0. The number of benzene rings is 6. The third-order valence-corrected chi connectivity index (χ3v) is 11.5. The number of phosphoric acid groups is 1. The first-order valence-electron chi connectivity index (χ1n) is 22.0. The predicted molar refractivity (Wildman–Crippen MR) is 253 cm³/mol. The van der Waals surface area contributed by atoms with Gasteiger partial charge in [-0.15, -0.1) is 0 Å². The topological polar surface area (TPSA) is 197 Å². The minimum Gasteiger partial charge on any atom is -0.485 e.